The van der Waals surface area contributed by atoms with Crippen molar-refractivity contribution in [1.82, 2.24) is 5.32 Å². The Morgan fingerprint density at radius 3 is 2.70 bits per heavy atom. The quantitative estimate of drug-likeness (QED) is 0.879. The van der Waals surface area contributed by atoms with Gasteiger partial charge >= 0.3 is 0 Å². The molecule has 20 heavy (non-hydrogen) atoms. The molecule has 0 aromatic heterocycles. The summed E-state index contributed by atoms with van der Waals surface area (Å²) in [6.45, 7) is 8.03. The second kappa shape index (κ2) is 7.37. The fourth-order valence-electron chi connectivity index (χ4n) is 3.35. The Hall–Kier alpha value is -0.670. The molecule has 0 bridgehead atoms. The van der Waals surface area contributed by atoms with Gasteiger partial charge in [0.1, 0.15) is 5.75 Å². The van der Waals surface area contributed by atoms with E-state index in [-0.39, 0.29) is 0 Å². The van der Waals surface area contributed by atoms with Crippen molar-refractivity contribution in [2.75, 3.05) is 13.7 Å². The first-order valence-electron chi connectivity index (χ1n) is 7.68. The van der Waals surface area contributed by atoms with Crippen molar-refractivity contribution >= 4 is 11.8 Å². The zero-order valence-corrected chi connectivity index (χ0v) is 13.9. The Balaban J connectivity index is 2.15. The van der Waals surface area contributed by atoms with Gasteiger partial charge in [0.2, 0.25) is 0 Å². The third-order valence-electron chi connectivity index (χ3n) is 4.19. The lowest BCUT2D eigenvalue weighted by molar-refractivity contribution is 0.251. The van der Waals surface area contributed by atoms with Gasteiger partial charge in [-0.2, -0.15) is 0 Å². The summed E-state index contributed by atoms with van der Waals surface area (Å²) in [6.07, 6.45) is 2.61. The molecule has 4 unspecified atom stereocenters. The fourth-order valence-corrected chi connectivity index (χ4v) is 4.78. The van der Waals surface area contributed by atoms with Gasteiger partial charge in [0.05, 0.1) is 7.11 Å². The molecule has 0 amide bonds. The predicted octanol–water partition coefficient (Wildman–Crippen LogP) is 4.20. The zero-order valence-electron chi connectivity index (χ0n) is 13.1. The lowest BCUT2D eigenvalue weighted by atomic mass is 9.80. The van der Waals surface area contributed by atoms with Crippen molar-refractivity contribution in [1.29, 1.82) is 0 Å². The highest BCUT2D eigenvalue weighted by atomic mass is 32.2. The van der Waals surface area contributed by atoms with Gasteiger partial charge in [0.25, 0.3) is 0 Å². The number of para-hydroxylation sites is 1. The van der Waals surface area contributed by atoms with Crippen LogP contribution in [0.3, 0.4) is 0 Å². The summed E-state index contributed by atoms with van der Waals surface area (Å²) < 4.78 is 5.50. The average molecular weight is 293 g/mol. The van der Waals surface area contributed by atoms with Gasteiger partial charge in [-0.25, -0.2) is 0 Å². The molecule has 1 aliphatic rings. The fraction of sp³-hybridized carbons (Fsp3) is 0.647. The molecule has 1 saturated carbocycles. The van der Waals surface area contributed by atoms with E-state index in [0.717, 1.165) is 24.1 Å². The summed E-state index contributed by atoms with van der Waals surface area (Å²) in [7, 11) is 1.76. The van der Waals surface area contributed by atoms with Crippen LogP contribution in [0.15, 0.2) is 29.2 Å². The second-order valence-corrected chi connectivity index (χ2v) is 7.17. The largest absolute Gasteiger partial charge is 0.496 e. The van der Waals surface area contributed by atoms with Gasteiger partial charge in [0.15, 0.2) is 0 Å². The molecular weight excluding hydrogens is 266 g/mol. The summed E-state index contributed by atoms with van der Waals surface area (Å²) in [5.41, 5.74) is 0. The van der Waals surface area contributed by atoms with Gasteiger partial charge in [-0.05, 0) is 43.4 Å². The van der Waals surface area contributed by atoms with E-state index >= 15 is 0 Å². The lowest BCUT2D eigenvalue weighted by Crippen LogP contribution is -2.46. The van der Waals surface area contributed by atoms with Crippen molar-refractivity contribution in [3.63, 3.8) is 0 Å². The number of ether oxygens (including phenoxy) is 1. The Morgan fingerprint density at radius 1 is 1.25 bits per heavy atom. The number of methoxy groups -OCH3 is 1. The first-order chi connectivity index (χ1) is 9.65. The normalized spacial score (nSPS) is 30.2. The van der Waals surface area contributed by atoms with Crippen LogP contribution in [-0.4, -0.2) is 24.9 Å². The van der Waals surface area contributed by atoms with Crippen LogP contribution < -0.4 is 10.1 Å². The second-order valence-electron chi connectivity index (χ2n) is 5.95. The molecule has 1 aliphatic carbocycles. The van der Waals surface area contributed by atoms with Crippen molar-refractivity contribution in [2.24, 2.45) is 11.8 Å². The van der Waals surface area contributed by atoms with Crippen LogP contribution in [0, 0.1) is 11.8 Å². The lowest BCUT2D eigenvalue weighted by Gasteiger charge is -2.39. The number of hydrogen-bond acceptors (Lipinski definition) is 3. The molecule has 0 heterocycles. The van der Waals surface area contributed by atoms with Gasteiger partial charge in [0, 0.05) is 16.2 Å². The van der Waals surface area contributed by atoms with E-state index < -0.39 is 0 Å². The van der Waals surface area contributed by atoms with Crippen LogP contribution in [-0.2, 0) is 0 Å². The number of benzene rings is 1. The van der Waals surface area contributed by atoms with Crippen LogP contribution >= 0.6 is 11.8 Å². The molecule has 0 spiro atoms. The van der Waals surface area contributed by atoms with E-state index in [1.54, 1.807) is 7.11 Å². The van der Waals surface area contributed by atoms with E-state index in [1.165, 1.54) is 17.7 Å². The number of thioether (sulfide) groups is 1. The number of hydrogen-bond donors (Lipinski definition) is 1. The molecule has 0 aliphatic heterocycles. The molecule has 2 nitrogen and oxygen atoms in total. The summed E-state index contributed by atoms with van der Waals surface area (Å²) in [5.74, 6) is 2.56. The van der Waals surface area contributed by atoms with Gasteiger partial charge in [-0.1, -0.05) is 32.9 Å². The molecule has 1 N–H and O–H groups in total. The van der Waals surface area contributed by atoms with Crippen molar-refractivity contribution < 1.29 is 4.74 Å². The van der Waals surface area contributed by atoms with Crippen LogP contribution in [0.4, 0.5) is 0 Å². The van der Waals surface area contributed by atoms with Gasteiger partial charge in [-0.3, -0.25) is 0 Å². The molecule has 0 saturated heterocycles. The van der Waals surface area contributed by atoms with Crippen molar-refractivity contribution in [2.45, 2.75) is 49.8 Å². The third-order valence-corrected chi connectivity index (χ3v) is 5.84. The highest BCUT2D eigenvalue weighted by Gasteiger charge is 2.34. The average Bonchev–Trinajstić information content (AvgIpc) is 2.43. The summed E-state index contributed by atoms with van der Waals surface area (Å²) in [5, 5.41) is 4.32. The number of nitrogens with one attached hydrogen (secondary N) is 1. The van der Waals surface area contributed by atoms with Crippen LogP contribution in [0.1, 0.15) is 33.6 Å². The summed E-state index contributed by atoms with van der Waals surface area (Å²) in [4.78, 5) is 1.27. The first-order valence-corrected chi connectivity index (χ1v) is 8.56. The Bertz CT molecular complexity index is 423. The van der Waals surface area contributed by atoms with Crippen molar-refractivity contribution in [3.05, 3.63) is 24.3 Å². The van der Waals surface area contributed by atoms with Crippen LogP contribution in [0.5, 0.6) is 5.75 Å². The van der Waals surface area contributed by atoms with E-state index in [1.807, 2.05) is 17.8 Å². The van der Waals surface area contributed by atoms with Crippen LogP contribution in [0.2, 0.25) is 0 Å². The molecule has 112 valence electrons. The summed E-state index contributed by atoms with van der Waals surface area (Å²) in [6, 6.07) is 8.98. The predicted molar refractivity (Wildman–Crippen MR) is 87.7 cm³/mol. The maximum Gasteiger partial charge on any atom is 0.132 e. The minimum atomic E-state index is 0.605. The minimum Gasteiger partial charge on any atom is -0.496 e. The van der Waals surface area contributed by atoms with E-state index in [9.17, 15) is 0 Å². The Labute approximate surface area is 127 Å². The molecule has 1 fully saturated rings. The molecule has 0 radical (unpaired) electrons. The smallest absolute Gasteiger partial charge is 0.132 e. The number of rotatable bonds is 5. The van der Waals surface area contributed by atoms with Crippen LogP contribution in [0.25, 0.3) is 0 Å². The minimum absolute atomic E-state index is 0.605. The van der Waals surface area contributed by atoms with E-state index in [4.69, 9.17) is 4.74 Å². The highest BCUT2D eigenvalue weighted by Crippen LogP contribution is 2.42. The summed E-state index contributed by atoms with van der Waals surface area (Å²) >= 11 is 1.99. The standard InChI is InChI=1S/C17H27NOS/c1-5-18-14-11-12(2)10-13(3)17(14)20-16-9-7-6-8-15(16)19-4/h6-9,12-14,17-18H,5,10-11H2,1-4H3. The topological polar surface area (TPSA) is 21.3 Å². The molecule has 3 heteroatoms. The van der Waals surface area contributed by atoms with E-state index in [2.05, 4.69) is 44.3 Å². The molecule has 1 aromatic rings. The molecule has 2 rings (SSSR count). The molecular formula is C17H27NOS. The third kappa shape index (κ3) is 3.70. The highest BCUT2D eigenvalue weighted by molar-refractivity contribution is 8.00. The van der Waals surface area contributed by atoms with E-state index in [0.29, 0.717) is 11.3 Å². The Kier molecular flexibility index (Phi) is 5.79. The molecule has 1 aromatic carbocycles. The zero-order chi connectivity index (χ0) is 14.5. The maximum absolute atomic E-state index is 5.50. The molecule has 4 atom stereocenters. The first kappa shape index (κ1) is 15.7. The maximum atomic E-state index is 5.50. The van der Waals surface area contributed by atoms with Gasteiger partial charge < -0.3 is 10.1 Å². The Morgan fingerprint density at radius 2 is 2.00 bits per heavy atom. The van der Waals surface area contributed by atoms with Crippen molar-refractivity contribution in [3.8, 4) is 5.75 Å². The monoisotopic (exact) mass is 293 g/mol. The van der Waals surface area contributed by atoms with Gasteiger partial charge in [-0.15, -0.1) is 11.8 Å². The SMILES string of the molecule is CCNC1CC(C)CC(C)C1Sc1ccccc1OC.